The van der Waals surface area contributed by atoms with Crippen LogP contribution < -0.4 is 11.2 Å². The lowest BCUT2D eigenvalue weighted by Gasteiger charge is -2.16. The van der Waals surface area contributed by atoms with Crippen molar-refractivity contribution in [3.8, 4) is 0 Å². The predicted octanol–water partition coefficient (Wildman–Crippen LogP) is 2.64. The van der Waals surface area contributed by atoms with Crippen molar-refractivity contribution < 1.29 is 4.79 Å². The summed E-state index contributed by atoms with van der Waals surface area (Å²) in [4.78, 5) is 12.1. The Labute approximate surface area is 140 Å². The molecule has 2 aromatic rings. The second kappa shape index (κ2) is 6.62. The van der Waals surface area contributed by atoms with Crippen molar-refractivity contribution in [2.24, 2.45) is 0 Å². The van der Waals surface area contributed by atoms with Gasteiger partial charge in [-0.25, -0.2) is 4.68 Å². The molecule has 0 atom stereocenters. The SMILES string of the molecule is Cc1cc(C)cc(NC(=O)CSc2nnc(C(C)(C)C)n2N)c1. The second-order valence-electron chi connectivity index (χ2n) is 6.64. The van der Waals surface area contributed by atoms with Gasteiger partial charge in [0.2, 0.25) is 11.1 Å². The van der Waals surface area contributed by atoms with E-state index in [0.29, 0.717) is 11.0 Å². The summed E-state index contributed by atoms with van der Waals surface area (Å²) in [5.41, 5.74) is 2.84. The highest BCUT2D eigenvalue weighted by Gasteiger charge is 2.23. The predicted molar refractivity (Wildman–Crippen MR) is 94.1 cm³/mol. The van der Waals surface area contributed by atoms with Crippen molar-refractivity contribution in [1.82, 2.24) is 14.9 Å². The number of nitrogens with two attached hydrogens (primary N) is 1. The van der Waals surface area contributed by atoms with E-state index >= 15 is 0 Å². The monoisotopic (exact) mass is 333 g/mol. The van der Waals surface area contributed by atoms with Crippen LogP contribution in [0.25, 0.3) is 0 Å². The first-order valence-corrected chi connectivity index (χ1v) is 8.37. The number of nitrogens with zero attached hydrogens (tertiary/aromatic N) is 3. The van der Waals surface area contributed by atoms with Crippen LogP contribution in [-0.4, -0.2) is 26.5 Å². The minimum atomic E-state index is -0.193. The Morgan fingerprint density at radius 3 is 2.35 bits per heavy atom. The van der Waals surface area contributed by atoms with Crippen molar-refractivity contribution >= 4 is 23.4 Å². The summed E-state index contributed by atoms with van der Waals surface area (Å²) in [6.45, 7) is 10.1. The van der Waals surface area contributed by atoms with E-state index in [2.05, 4.69) is 21.6 Å². The van der Waals surface area contributed by atoms with Crippen molar-refractivity contribution in [3.05, 3.63) is 35.2 Å². The first-order valence-electron chi connectivity index (χ1n) is 7.39. The van der Waals surface area contributed by atoms with Crippen LogP contribution in [0.5, 0.6) is 0 Å². The number of aryl methyl sites for hydroxylation is 2. The zero-order valence-electron chi connectivity index (χ0n) is 14.2. The van der Waals surface area contributed by atoms with Gasteiger partial charge in [-0.05, 0) is 37.1 Å². The molecule has 0 saturated carbocycles. The molecule has 1 aromatic carbocycles. The van der Waals surface area contributed by atoms with Gasteiger partial charge >= 0.3 is 0 Å². The molecule has 0 bridgehead atoms. The fourth-order valence-corrected chi connectivity index (χ4v) is 2.92. The van der Waals surface area contributed by atoms with E-state index in [0.717, 1.165) is 16.8 Å². The molecule has 6 nitrogen and oxygen atoms in total. The Balaban J connectivity index is 1.98. The van der Waals surface area contributed by atoms with E-state index in [1.807, 2.05) is 46.8 Å². The average Bonchev–Trinajstić information content (AvgIpc) is 2.76. The number of nitrogen functional groups attached to an aromatic ring is 1. The molecule has 0 aliphatic carbocycles. The van der Waals surface area contributed by atoms with E-state index in [1.54, 1.807) is 0 Å². The van der Waals surface area contributed by atoms with Gasteiger partial charge in [-0.2, -0.15) is 0 Å². The largest absolute Gasteiger partial charge is 0.336 e. The van der Waals surface area contributed by atoms with Crippen molar-refractivity contribution in [1.29, 1.82) is 0 Å². The number of carbonyl (C=O) groups excluding carboxylic acids is 1. The van der Waals surface area contributed by atoms with Gasteiger partial charge in [0.15, 0.2) is 5.82 Å². The van der Waals surface area contributed by atoms with Crippen LogP contribution in [-0.2, 0) is 10.2 Å². The molecular weight excluding hydrogens is 310 g/mol. The molecule has 7 heteroatoms. The van der Waals surface area contributed by atoms with Gasteiger partial charge in [-0.15, -0.1) is 10.2 Å². The lowest BCUT2D eigenvalue weighted by molar-refractivity contribution is -0.113. The summed E-state index contributed by atoms with van der Waals surface area (Å²) < 4.78 is 1.45. The van der Waals surface area contributed by atoms with Gasteiger partial charge < -0.3 is 11.2 Å². The molecule has 0 fully saturated rings. The number of thioether (sulfide) groups is 1. The van der Waals surface area contributed by atoms with Crippen LogP contribution in [0.3, 0.4) is 0 Å². The molecule has 0 aliphatic heterocycles. The van der Waals surface area contributed by atoms with Gasteiger partial charge in [-0.1, -0.05) is 38.6 Å². The number of anilines is 1. The van der Waals surface area contributed by atoms with Gasteiger partial charge in [-0.3, -0.25) is 4.79 Å². The summed E-state index contributed by atoms with van der Waals surface area (Å²) in [7, 11) is 0. The molecule has 2 rings (SSSR count). The molecule has 124 valence electrons. The van der Waals surface area contributed by atoms with Gasteiger partial charge in [0.25, 0.3) is 0 Å². The van der Waals surface area contributed by atoms with Crippen LogP contribution in [0.15, 0.2) is 23.4 Å². The summed E-state index contributed by atoms with van der Waals surface area (Å²) in [6, 6.07) is 5.95. The Hall–Kier alpha value is -2.02. The maximum atomic E-state index is 12.1. The molecule has 0 saturated heterocycles. The quantitative estimate of drug-likeness (QED) is 0.663. The normalized spacial score (nSPS) is 11.5. The molecule has 0 unspecified atom stereocenters. The third kappa shape index (κ3) is 4.48. The van der Waals surface area contributed by atoms with Crippen LogP contribution in [0, 0.1) is 13.8 Å². The second-order valence-corrected chi connectivity index (χ2v) is 7.58. The van der Waals surface area contributed by atoms with E-state index in [4.69, 9.17) is 5.84 Å². The van der Waals surface area contributed by atoms with Crippen molar-refractivity contribution in [3.63, 3.8) is 0 Å². The summed E-state index contributed by atoms with van der Waals surface area (Å²) >= 11 is 1.27. The fraction of sp³-hybridized carbons (Fsp3) is 0.438. The first-order chi connectivity index (χ1) is 10.7. The van der Waals surface area contributed by atoms with Gasteiger partial charge in [0.1, 0.15) is 0 Å². The molecule has 0 aliphatic rings. The summed E-state index contributed by atoms with van der Waals surface area (Å²) in [5.74, 6) is 6.83. The van der Waals surface area contributed by atoms with Crippen LogP contribution in [0.1, 0.15) is 37.7 Å². The van der Waals surface area contributed by atoms with E-state index in [9.17, 15) is 4.79 Å². The Morgan fingerprint density at radius 1 is 1.22 bits per heavy atom. The highest BCUT2D eigenvalue weighted by molar-refractivity contribution is 7.99. The first kappa shape index (κ1) is 17.3. The minimum absolute atomic E-state index is 0.0969. The summed E-state index contributed by atoms with van der Waals surface area (Å²) in [6.07, 6.45) is 0. The summed E-state index contributed by atoms with van der Waals surface area (Å²) in [5, 5.41) is 11.6. The number of aromatic nitrogens is 3. The Morgan fingerprint density at radius 2 is 1.83 bits per heavy atom. The van der Waals surface area contributed by atoms with E-state index in [1.165, 1.54) is 16.4 Å². The molecule has 1 heterocycles. The maximum Gasteiger partial charge on any atom is 0.234 e. The molecule has 0 radical (unpaired) electrons. The zero-order chi connectivity index (χ0) is 17.2. The van der Waals surface area contributed by atoms with Crippen LogP contribution >= 0.6 is 11.8 Å². The smallest absolute Gasteiger partial charge is 0.234 e. The minimum Gasteiger partial charge on any atom is -0.336 e. The number of carbonyl (C=O) groups is 1. The number of hydrogen-bond acceptors (Lipinski definition) is 5. The molecular formula is C16H23N5OS. The number of benzene rings is 1. The van der Waals surface area contributed by atoms with Gasteiger partial charge in [0, 0.05) is 11.1 Å². The lowest BCUT2D eigenvalue weighted by Crippen LogP contribution is -2.24. The van der Waals surface area contributed by atoms with Crippen molar-refractivity contribution in [2.75, 3.05) is 16.9 Å². The molecule has 23 heavy (non-hydrogen) atoms. The average molecular weight is 333 g/mol. The highest BCUT2D eigenvalue weighted by atomic mass is 32.2. The van der Waals surface area contributed by atoms with E-state index in [-0.39, 0.29) is 17.1 Å². The standard InChI is InChI=1S/C16H23N5OS/c1-10-6-11(2)8-12(7-10)18-13(22)9-23-15-20-19-14(21(15)17)16(3,4)5/h6-8H,9,17H2,1-5H3,(H,18,22). The fourth-order valence-electron chi connectivity index (χ4n) is 2.26. The number of nitrogens with one attached hydrogen (secondary N) is 1. The number of amides is 1. The Bertz CT molecular complexity index is 697. The molecule has 1 amide bonds. The topological polar surface area (TPSA) is 85.8 Å². The van der Waals surface area contributed by atoms with Crippen LogP contribution in [0.2, 0.25) is 0 Å². The van der Waals surface area contributed by atoms with E-state index < -0.39 is 0 Å². The molecule has 0 spiro atoms. The molecule has 3 N–H and O–H groups in total. The van der Waals surface area contributed by atoms with Crippen LogP contribution in [0.4, 0.5) is 5.69 Å². The number of hydrogen-bond donors (Lipinski definition) is 2. The van der Waals surface area contributed by atoms with Crippen molar-refractivity contribution in [2.45, 2.75) is 45.2 Å². The number of rotatable bonds is 4. The third-order valence-corrected chi connectivity index (χ3v) is 4.12. The molecule has 1 aromatic heterocycles. The van der Waals surface area contributed by atoms with Gasteiger partial charge in [0.05, 0.1) is 5.75 Å². The highest BCUT2D eigenvalue weighted by Crippen LogP contribution is 2.23. The maximum absolute atomic E-state index is 12.1. The zero-order valence-corrected chi connectivity index (χ0v) is 15.0. The third-order valence-electron chi connectivity index (χ3n) is 3.17. The lowest BCUT2D eigenvalue weighted by atomic mass is 9.96. The Kier molecular flexibility index (Phi) is 4.99.